The van der Waals surface area contributed by atoms with Crippen molar-refractivity contribution in [3.8, 4) is 44.9 Å². The van der Waals surface area contributed by atoms with Crippen molar-refractivity contribution in [3.63, 3.8) is 0 Å². The summed E-state index contributed by atoms with van der Waals surface area (Å²) in [5.74, 6) is 0. The fourth-order valence-electron chi connectivity index (χ4n) is 5.28. The van der Waals surface area contributed by atoms with Crippen LogP contribution in [-0.2, 0) is 29.4 Å². The van der Waals surface area contributed by atoms with Crippen molar-refractivity contribution in [2.45, 2.75) is 38.9 Å². The zero-order chi connectivity index (χ0) is 35.5. The molecule has 7 aromatic rings. The first kappa shape index (κ1) is 38.2. The Balaban J connectivity index is 0.000000173. The molecule has 0 radical (unpaired) electrons. The Hall–Kier alpha value is -5.04. The Bertz CT molecular complexity index is 1920. The monoisotopic (exact) mass is 857 g/mol. The van der Waals surface area contributed by atoms with Gasteiger partial charge in [-0.05, 0) is 74.0 Å². The molecule has 1 saturated heterocycles. The Labute approximate surface area is 321 Å². The van der Waals surface area contributed by atoms with E-state index in [1.165, 1.54) is 0 Å². The van der Waals surface area contributed by atoms with E-state index in [1.807, 2.05) is 109 Å². The number of hydrogen-bond donors (Lipinski definition) is 0. The normalized spacial score (nSPS) is 13.7. The number of aromatic nitrogens is 3. The molecule has 0 amide bonds. The van der Waals surface area contributed by atoms with E-state index in [0.717, 1.165) is 50.4 Å². The van der Waals surface area contributed by atoms with Crippen LogP contribution in [0.2, 0.25) is 0 Å². The summed E-state index contributed by atoms with van der Waals surface area (Å²) in [6.45, 7) is 8.28. The predicted molar refractivity (Wildman–Crippen MR) is 207 cm³/mol. The van der Waals surface area contributed by atoms with Crippen molar-refractivity contribution < 1.29 is 29.4 Å². The molecule has 0 saturated carbocycles. The van der Waals surface area contributed by atoms with Crippen LogP contribution in [0.4, 0.5) is 0 Å². The molecule has 3 aromatic heterocycles. The van der Waals surface area contributed by atoms with Crippen molar-refractivity contribution in [2.75, 3.05) is 0 Å². The molecule has 4 heterocycles. The van der Waals surface area contributed by atoms with E-state index in [0.29, 0.717) is 0 Å². The first-order chi connectivity index (χ1) is 24.8. The molecule has 0 spiro atoms. The van der Waals surface area contributed by atoms with Crippen LogP contribution >= 0.6 is 0 Å². The van der Waals surface area contributed by atoms with Crippen LogP contribution in [0.15, 0.2) is 164 Å². The fraction of sp³-hybridized carbons (Fsp3) is 0.133. The van der Waals surface area contributed by atoms with Crippen LogP contribution in [0.1, 0.15) is 27.7 Å². The van der Waals surface area contributed by atoms with E-state index in [-0.39, 0.29) is 38.4 Å². The average Bonchev–Trinajstić information content (AvgIpc) is 3.43. The molecule has 5 nitrogen and oxygen atoms in total. The van der Waals surface area contributed by atoms with E-state index < -0.39 is 0 Å². The summed E-state index contributed by atoms with van der Waals surface area (Å²) >= 11 is 0. The Morgan fingerprint density at radius 3 is 1.33 bits per heavy atom. The third-order valence-electron chi connectivity index (χ3n) is 8.81. The summed E-state index contributed by atoms with van der Waals surface area (Å²) in [6.07, 6.45) is 5.38. The number of pyridine rings is 3. The molecule has 1 fully saturated rings. The molecule has 0 atom stereocenters. The van der Waals surface area contributed by atoms with E-state index in [9.17, 15) is 0 Å². The van der Waals surface area contributed by atoms with Crippen LogP contribution in [0, 0.1) is 18.2 Å². The van der Waals surface area contributed by atoms with Crippen LogP contribution < -0.4 is 5.46 Å². The number of benzene rings is 4. The average molecular weight is 857 g/mol. The van der Waals surface area contributed by atoms with Gasteiger partial charge in [0.05, 0.1) is 11.2 Å². The van der Waals surface area contributed by atoms with Crippen LogP contribution in [-0.4, -0.2) is 33.3 Å². The van der Waals surface area contributed by atoms with Crippen LogP contribution in [0.5, 0.6) is 0 Å². The van der Waals surface area contributed by atoms with Gasteiger partial charge in [-0.1, -0.05) is 60.7 Å². The second kappa shape index (κ2) is 17.9. The predicted octanol–water partition coefficient (Wildman–Crippen LogP) is 9.61. The van der Waals surface area contributed by atoms with Gasteiger partial charge in [-0.15, -0.1) is 107 Å². The molecular weight excluding hydrogens is 818 g/mol. The summed E-state index contributed by atoms with van der Waals surface area (Å²) in [5, 5.41) is 0. The zero-order valence-corrected chi connectivity index (χ0v) is 32.1. The van der Waals surface area contributed by atoms with Gasteiger partial charge in [-0.25, -0.2) is 0 Å². The van der Waals surface area contributed by atoms with Gasteiger partial charge in [0, 0.05) is 18.6 Å². The van der Waals surface area contributed by atoms with Crippen LogP contribution in [0.25, 0.3) is 44.9 Å². The largest absolute Gasteiger partial charge is 3.00 e. The van der Waals surface area contributed by atoms with Gasteiger partial charge in [0.2, 0.25) is 0 Å². The topological polar surface area (TPSA) is 57.1 Å². The molecule has 8 rings (SSSR count). The summed E-state index contributed by atoms with van der Waals surface area (Å²) in [6, 6.07) is 57.3. The van der Waals surface area contributed by atoms with E-state index in [4.69, 9.17) is 9.31 Å². The maximum Gasteiger partial charge on any atom is 3.00 e. The van der Waals surface area contributed by atoms with Crippen LogP contribution in [0.3, 0.4) is 0 Å². The van der Waals surface area contributed by atoms with Gasteiger partial charge >= 0.3 is 27.2 Å². The smallest absolute Gasteiger partial charge is 0.399 e. The summed E-state index contributed by atoms with van der Waals surface area (Å²) < 4.78 is 12.3. The van der Waals surface area contributed by atoms with Gasteiger partial charge in [0.1, 0.15) is 0 Å². The minimum absolute atomic E-state index is 0. The molecule has 1 aliphatic rings. The Kier molecular flexibility index (Phi) is 13.2. The fourth-order valence-corrected chi connectivity index (χ4v) is 5.28. The van der Waals surface area contributed by atoms with Crippen molar-refractivity contribution in [1.82, 2.24) is 15.0 Å². The third-order valence-corrected chi connectivity index (χ3v) is 8.81. The Morgan fingerprint density at radius 1 is 0.462 bits per heavy atom. The molecule has 7 heteroatoms. The quantitative estimate of drug-likeness (QED) is 0.128. The number of rotatable bonds is 5. The van der Waals surface area contributed by atoms with Crippen molar-refractivity contribution in [3.05, 3.63) is 182 Å². The molecule has 0 aliphatic carbocycles. The number of hydrogen-bond acceptors (Lipinski definition) is 5. The second-order valence-electron chi connectivity index (χ2n) is 12.9. The van der Waals surface area contributed by atoms with Gasteiger partial charge in [-0.3, -0.25) is 0 Å². The molecule has 258 valence electrons. The molecule has 0 bridgehead atoms. The third kappa shape index (κ3) is 9.84. The summed E-state index contributed by atoms with van der Waals surface area (Å²) in [5.41, 5.74) is 8.58. The maximum atomic E-state index is 6.14. The molecule has 1 aliphatic heterocycles. The molecule has 0 N–H and O–H groups in total. The van der Waals surface area contributed by atoms with Gasteiger partial charge in [0.15, 0.2) is 0 Å². The molecule has 52 heavy (non-hydrogen) atoms. The molecular formula is C45H39BIrN3O2. The number of nitrogens with zero attached hydrogens (tertiary/aromatic N) is 3. The standard InChI is InChI=1S/C23H23BNO2.2C11H8N.Ir/c1-22(2)23(3,4)27-24(26-22)20-13-11-17(12-14-20)18-8-7-9-19(16-18)21-10-5-6-15-25-21;2*1-2-6-10(7-3-1)11-8-4-5-9-12-11;/h5-8,10-16H,1-4H3;2*1-6,8-9H;/q3*-1;+3. The molecule has 0 unspecified atom stereocenters. The van der Waals surface area contributed by atoms with Gasteiger partial charge < -0.3 is 24.3 Å². The Morgan fingerprint density at radius 2 is 0.904 bits per heavy atom. The van der Waals surface area contributed by atoms with Crippen molar-refractivity contribution >= 4 is 12.6 Å². The first-order valence-corrected chi connectivity index (χ1v) is 16.9. The van der Waals surface area contributed by atoms with E-state index in [2.05, 4.69) is 97.2 Å². The van der Waals surface area contributed by atoms with E-state index >= 15 is 0 Å². The first-order valence-electron chi connectivity index (χ1n) is 16.9. The molecule has 4 aromatic carbocycles. The van der Waals surface area contributed by atoms with Crippen molar-refractivity contribution in [2.24, 2.45) is 0 Å². The summed E-state index contributed by atoms with van der Waals surface area (Å²) in [7, 11) is -0.336. The SMILES string of the molecule is CC1(C)OB(c2ccc(-c3cc[c-]c(-c4ccccn4)c3)cc2)OC1(C)C.[Ir+3].[c-]1ccccc1-c1ccccn1.[c-]1ccccc1-c1ccccn1. The summed E-state index contributed by atoms with van der Waals surface area (Å²) in [4.78, 5) is 12.8. The maximum absolute atomic E-state index is 6.14. The minimum Gasteiger partial charge on any atom is -0.399 e. The minimum atomic E-state index is -0.336. The van der Waals surface area contributed by atoms with Gasteiger partial charge in [-0.2, -0.15) is 0 Å². The van der Waals surface area contributed by atoms with E-state index in [1.54, 1.807) is 18.6 Å². The van der Waals surface area contributed by atoms with Crippen molar-refractivity contribution in [1.29, 1.82) is 0 Å². The zero-order valence-electron chi connectivity index (χ0n) is 29.7. The second-order valence-corrected chi connectivity index (χ2v) is 12.9. The van der Waals surface area contributed by atoms with Gasteiger partial charge in [0.25, 0.3) is 0 Å².